The van der Waals surface area contributed by atoms with Crippen LogP contribution in [0, 0.1) is 0 Å². The molecule has 4 aromatic rings. The minimum Gasteiger partial charge on any atom is -0.479 e. The van der Waals surface area contributed by atoms with Crippen LogP contribution in [0.3, 0.4) is 0 Å². The highest BCUT2D eigenvalue weighted by molar-refractivity contribution is 7.91. The molecule has 0 spiro atoms. The van der Waals surface area contributed by atoms with Gasteiger partial charge in [-0.3, -0.25) is 9.59 Å². The van der Waals surface area contributed by atoms with Gasteiger partial charge in [0.15, 0.2) is 21.7 Å². The second-order valence-corrected chi connectivity index (χ2v) is 11.9. The lowest BCUT2D eigenvalue weighted by atomic mass is 9.99. The number of aliphatic carboxylic acids is 1. The number of ether oxygens (including phenoxy) is 1. The van der Waals surface area contributed by atoms with Gasteiger partial charge in [0.25, 0.3) is 5.91 Å². The molecule has 9 nitrogen and oxygen atoms in total. The summed E-state index contributed by atoms with van der Waals surface area (Å²) < 4.78 is 69.4. The van der Waals surface area contributed by atoms with Gasteiger partial charge in [0, 0.05) is 17.5 Å². The highest BCUT2D eigenvalue weighted by Crippen LogP contribution is 2.35. The summed E-state index contributed by atoms with van der Waals surface area (Å²) in [7, 11) is -4.29. The fourth-order valence-electron chi connectivity index (χ4n) is 4.40. The van der Waals surface area contributed by atoms with Crippen molar-refractivity contribution in [3.63, 3.8) is 0 Å². The van der Waals surface area contributed by atoms with Crippen LogP contribution in [-0.2, 0) is 14.6 Å². The van der Waals surface area contributed by atoms with Gasteiger partial charge in [-0.2, -0.15) is 0 Å². The molecule has 0 saturated carbocycles. The summed E-state index contributed by atoms with van der Waals surface area (Å²) in [5.41, 5.74) is 1.93. The van der Waals surface area contributed by atoms with Crippen molar-refractivity contribution in [2.75, 3.05) is 6.54 Å². The number of alkyl halides is 3. The first kappa shape index (κ1) is 32.9. The molecule has 1 amide bonds. The van der Waals surface area contributed by atoms with Crippen molar-refractivity contribution in [1.82, 2.24) is 5.32 Å². The zero-order valence-corrected chi connectivity index (χ0v) is 24.1. The molecule has 13 heteroatoms. The third-order valence-electron chi connectivity index (χ3n) is 6.73. The van der Waals surface area contributed by atoms with Crippen LogP contribution in [0.1, 0.15) is 38.0 Å². The summed E-state index contributed by atoms with van der Waals surface area (Å²) in [6.45, 7) is -0.569. The molecule has 0 heterocycles. The molecule has 4 rings (SSSR count). The summed E-state index contributed by atoms with van der Waals surface area (Å²) in [5, 5.41) is 18.9. The van der Waals surface area contributed by atoms with E-state index in [-0.39, 0.29) is 21.6 Å². The van der Waals surface area contributed by atoms with Crippen molar-refractivity contribution in [2.24, 2.45) is 0 Å². The number of aliphatic hydroxyl groups excluding tert-OH is 1. The van der Waals surface area contributed by atoms with Gasteiger partial charge in [0.1, 0.15) is 5.75 Å². The van der Waals surface area contributed by atoms with Crippen molar-refractivity contribution in [3.8, 4) is 16.9 Å². The highest BCUT2D eigenvalue weighted by atomic mass is 32.2. The fourth-order valence-corrected chi connectivity index (χ4v) is 6.13. The second-order valence-electron chi connectivity index (χ2n) is 9.81. The molecule has 3 N–H and O–H groups in total. The lowest BCUT2D eigenvalue weighted by Gasteiger charge is -2.19. The first-order valence-corrected chi connectivity index (χ1v) is 14.9. The molecule has 45 heavy (non-hydrogen) atoms. The third-order valence-corrected chi connectivity index (χ3v) is 8.85. The monoisotopic (exact) mass is 641 g/mol. The van der Waals surface area contributed by atoms with Crippen LogP contribution in [-0.4, -0.2) is 55.3 Å². The van der Waals surface area contributed by atoms with Crippen LogP contribution in [0.25, 0.3) is 11.1 Å². The molecule has 4 aromatic carbocycles. The van der Waals surface area contributed by atoms with E-state index in [2.05, 4.69) is 10.1 Å². The van der Waals surface area contributed by atoms with Gasteiger partial charge in [-0.1, -0.05) is 54.6 Å². The summed E-state index contributed by atoms with van der Waals surface area (Å²) >= 11 is 0. The Kier molecular flexibility index (Phi) is 10.0. The van der Waals surface area contributed by atoms with Crippen molar-refractivity contribution in [1.29, 1.82) is 0 Å². The van der Waals surface area contributed by atoms with E-state index < -0.39 is 63.9 Å². The molecule has 0 radical (unpaired) electrons. The van der Waals surface area contributed by atoms with Crippen LogP contribution in [0.15, 0.2) is 108 Å². The average molecular weight is 642 g/mol. The number of ketones is 1. The molecule has 0 aliphatic rings. The lowest BCUT2D eigenvalue weighted by Crippen LogP contribution is -2.36. The first-order chi connectivity index (χ1) is 21.2. The van der Waals surface area contributed by atoms with Gasteiger partial charge in [0.2, 0.25) is 0 Å². The normalized spacial score (nSPS) is 13.0. The molecule has 0 saturated heterocycles. The number of carbonyl (C=O) groups is 3. The van der Waals surface area contributed by atoms with E-state index in [0.717, 1.165) is 47.5 Å². The Bertz CT molecular complexity index is 1760. The SMILES string of the molecule is O=C(CC(c1ccc(-c2ccccc2)cc1)S(=O)(=O)c1ccc(C(=O)NC[C@@H](O)C(=O)O)cc1)c1ccc(OC(F)(F)F)cc1. The predicted octanol–water partition coefficient (Wildman–Crippen LogP) is 5.22. The van der Waals surface area contributed by atoms with Crippen LogP contribution in [0.4, 0.5) is 13.2 Å². The average Bonchev–Trinajstić information content (AvgIpc) is 3.02. The zero-order valence-electron chi connectivity index (χ0n) is 23.3. The Hall–Kier alpha value is -5.01. The van der Waals surface area contributed by atoms with Gasteiger partial charge in [-0.05, 0) is 65.2 Å². The number of benzene rings is 4. The Labute approximate surface area is 255 Å². The van der Waals surface area contributed by atoms with Crippen molar-refractivity contribution < 1.29 is 50.9 Å². The second kappa shape index (κ2) is 13.7. The van der Waals surface area contributed by atoms with E-state index in [1.165, 1.54) is 12.1 Å². The third kappa shape index (κ3) is 8.55. The number of nitrogens with one attached hydrogen (secondary N) is 1. The van der Waals surface area contributed by atoms with Gasteiger partial charge in [-0.25, -0.2) is 13.2 Å². The molecule has 0 aliphatic carbocycles. The number of rotatable bonds is 12. The van der Waals surface area contributed by atoms with Crippen molar-refractivity contribution >= 4 is 27.5 Å². The van der Waals surface area contributed by atoms with Crippen LogP contribution >= 0.6 is 0 Å². The molecular formula is C32H26F3NO8S. The predicted molar refractivity (Wildman–Crippen MR) is 156 cm³/mol. The Morgan fingerprint density at radius 3 is 1.89 bits per heavy atom. The van der Waals surface area contributed by atoms with E-state index in [1.807, 2.05) is 30.3 Å². The molecule has 0 aromatic heterocycles. The van der Waals surface area contributed by atoms with Gasteiger partial charge in [0.05, 0.1) is 16.7 Å². The van der Waals surface area contributed by atoms with E-state index in [0.29, 0.717) is 0 Å². The zero-order chi connectivity index (χ0) is 32.8. The number of halogens is 3. The van der Waals surface area contributed by atoms with Gasteiger partial charge < -0.3 is 20.3 Å². The number of amides is 1. The number of Topliss-reactive ketones (excluding diaryl/α,β-unsaturated/α-hetero) is 1. The first-order valence-electron chi connectivity index (χ1n) is 13.3. The minimum atomic E-state index is -4.92. The van der Waals surface area contributed by atoms with Crippen LogP contribution < -0.4 is 10.1 Å². The maximum absolute atomic E-state index is 13.9. The number of carbonyl (C=O) groups excluding carboxylic acids is 2. The number of hydrogen-bond acceptors (Lipinski definition) is 7. The highest BCUT2D eigenvalue weighted by Gasteiger charge is 2.33. The Balaban J connectivity index is 1.63. The lowest BCUT2D eigenvalue weighted by molar-refractivity contribution is -0.274. The van der Waals surface area contributed by atoms with Gasteiger partial charge in [-0.15, -0.1) is 13.2 Å². The van der Waals surface area contributed by atoms with E-state index in [9.17, 15) is 41.1 Å². The van der Waals surface area contributed by atoms with E-state index >= 15 is 0 Å². The van der Waals surface area contributed by atoms with Crippen LogP contribution in [0.2, 0.25) is 0 Å². The summed E-state index contributed by atoms with van der Waals surface area (Å²) in [6.07, 6.45) is -7.30. The summed E-state index contributed by atoms with van der Waals surface area (Å²) in [4.78, 5) is 36.2. The largest absolute Gasteiger partial charge is 0.573 e. The Morgan fingerprint density at radius 2 is 1.33 bits per heavy atom. The molecule has 0 bridgehead atoms. The topological polar surface area (TPSA) is 147 Å². The molecule has 0 aliphatic heterocycles. The van der Waals surface area contributed by atoms with E-state index in [1.54, 1.807) is 24.3 Å². The molecular weight excluding hydrogens is 615 g/mol. The number of aliphatic hydroxyl groups is 1. The van der Waals surface area contributed by atoms with Crippen LogP contribution in [0.5, 0.6) is 5.75 Å². The summed E-state index contributed by atoms with van der Waals surface area (Å²) in [5.74, 6) is -3.47. The van der Waals surface area contributed by atoms with Crippen molar-refractivity contribution in [3.05, 3.63) is 120 Å². The molecule has 2 atom stereocenters. The number of hydrogen-bond donors (Lipinski definition) is 3. The smallest absolute Gasteiger partial charge is 0.479 e. The van der Waals surface area contributed by atoms with Crippen molar-refractivity contribution in [2.45, 2.75) is 29.0 Å². The minimum absolute atomic E-state index is 0.00690. The quantitative estimate of drug-likeness (QED) is 0.179. The molecule has 234 valence electrons. The van der Waals surface area contributed by atoms with E-state index in [4.69, 9.17) is 5.11 Å². The Morgan fingerprint density at radius 1 is 0.778 bits per heavy atom. The number of carboxylic acids is 1. The standard InChI is InChI=1S/C32H26F3NO8S/c33-32(34,35)44-25-14-10-22(11-15-25)27(37)18-29(23-8-6-21(7-9-23)20-4-2-1-3-5-20)45(42,43)26-16-12-24(13-17-26)30(39)36-19-28(38)31(40)41/h1-17,28-29,38H,18-19H2,(H,36,39)(H,40,41)/t28-,29?/m1/s1. The fraction of sp³-hybridized carbons (Fsp3) is 0.156. The number of sulfone groups is 1. The molecule has 1 unspecified atom stereocenters. The maximum Gasteiger partial charge on any atom is 0.573 e. The van der Waals surface area contributed by atoms with Gasteiger partial charge >= 0.3 is 12.3 Å². The molecule has 0 fully saturated rings. The number of carboxylic acid groups (broad SMARTS) is 1. The summed E-state index contributed by atoms with van der Waals surface area (Å²) in [6, 6.07) is 24.7. The maximum atomic E-state index is 13.9.